The second kappa shape index (κ2) is 9.84. The van der Waals surface area contributed by atoms with E-state index < -0.39 is 0 Å². The highest BCUT2D eigenvalue weighted by Crippen LogP contribution is 2.35. The minimum atomic E-state index is 0.0460. The molecule has 0 unspecified atom stereocenters. The third-order valence-corrected chi connectivity index (χ3v) is 7.32. The van der Waals surface area contributed by atoms with Crippen LogP contribution >= 0.6 is 0 Å². The van der Waals surface area contributed by atoms with Crippen LogP contribution in [0.25, 0.3) is 10.9 Å². The molecule has 2 aliphatic heterocycles. The molecule has 1 aromatic heterocycles. The van der Waals surface area contributed by atoms with Gasteiger partial charge in [-0.05, 0) is 69.2 Å². The van der Waals surface area contributed by atoms with Crippen molar-refractivity contribution < 1.29 is 14.3 Å². The molecule has 0 radical (unpaired) electrons. The molecule has 1 N–H and O–H groups in total. The van der Waals surface area contributed by atoms with Gasteiger partial charge >= 0.3 is 6.03 Å². The van der Waals surface area contributed by atoms with E-state index in [0.717, 1.165) is 63.1 Å². The number of fused-ring (bicyclic) bond motifs is 1. The van der Waals surface area contributed by atoms with Crippen molar-refractivity contribution >= 4 is 22.8 Å². The smallest absolute Gasteiger partial charge is 0.319 e. The van der Waals surface area contributed by atoms with Gasteiger partial charge in [0.05, 0.1) is 7.11 Å². The number of nitrogens with one attached hydrogen (secondary N) is 1. The van der Waals surface area contributed by atoms with Gasteiger partial charge in [0.2, 0.25) is 5.91 Å². The second-order valence-corrected chi connectivity index (χ2v) is 8.97. The van der Waals surface area contributed by atoms with Crippen molar-refractivity contribution in [2.75, 3.05) is 46.4 Å². The monoisotopic (exact) mass is 440 g/mol. The zero-order valence-electron chi connectivity index (χ0n) is 19.6. The number of hydrogen-bond donors (Lipinski definition) is 1. The SMILES string of the molecule is CCN(CC)C(=O)N1CCC(C(=O)N2CCC(c3c[nH]c4ccc(OC)cc34)CC2)CC1. The average molecular weight is 441 g/mol. The van der Waals surface area contributed by atoms with Crippen LogP contribution in [-0.4, -0.2) is 78.0 Å². The molecule has 3 heterocycles. The molecule has 7 nitrogen and oxygen atoms in total. The molecule has 2 saturated heterocycles. The van der Waals surface area contributed by atoms with Crippen molar-refractivity contribution in [1.82, 2.24) is 19.7 Å². The summed E-state index contributed by atoms with van der Waals surface area (Å²) >= 11 is 0. The van der Waals surface area contributed by atoms with Crippen molar-refractivity contribution in [3.63, 3.8) is 0 Å². The third kappa shape index (κ3) is 4.43. The molecule has 2 aromatic rings. The quantitative estimate of drug-likeness (QED) is 0.762. The van der Waals surface area contributed by atoms with Crippen LogP contribution in [0.3, 0.4) is 0 Å². The molecule has 0 atom stereocenters. The molecule has 0 saturated carbocycles. The van der Waals surface area contributed by atoms with Crippen molar-refractivity contribution in [3.8, 4) is 5.75 Å². The van der Waals surface area contributed by atoms with E-state index in [4.69, 9.17) is 4.74 Å². The lowest BCUT2D eigenvalue weighted by atomic mass is 9.88. The molecular formula is C25H36N4O3. The molecular weight excluding hydrogens is 404 g/mol. The number of rotatable bonds is 5. The van der Waals surface area contributed by atoms with Gasteiger partial charge in [-0.3, -0.25) is 4.79 Å². The van der Waals surface area contributed by atoms with Crippen LogP contribution in [0, 0.1) is 5.92 Å². The van der Waals surface area contributed by atoms with Gasteiger partial charge in [-0.25, -0.2) is 4.79 Å². The lowest BCUT2D eigenvalue weighted by Crippen LogP contribution is -2.49. The highest BCUT2D eigenvalue weighted by molar-refractivity contribution is 5.85. The number of aromatic nitrogens is 1. The molecule has 1 aromatic carbocycles. The number of carbonyl (C=O) groups is 2. The summed E-state index contributed by atoms with van der Waals surface area (Å²) in [6.45, 7) is 8.44. The first-order valence-electron chi connectivity index (χ1n) is 12.0. The molecule has 7 heteroatoms. The van der Waals surface area contributed by atoms with Crippen LogP contribution in [0.4, 0.5) is 4.79 Å². The van der Waals surface area contributed by atoms with Crippen molar-refractivity contribution in [3.05, 3.63) is 30.0 Å². The molecule has 2 fully saturated rings. The number of urea groups is 1. The first-order valence-corrected chi connectivity index (χ1v) is 12.0. The number of methoxy groups -OCH3 is 1. The van der Waals surface area contributed by atoms with E-state index in [1.165, 1.54) is 10.9 Å². The maximum atomic E-state index is 13.2. The highest BCUT2D eigenvalue weighted by atomic mass is 16.5. The minimum absolute atomic E-state index is 0.0460. The van der Waals surface area contributed by atoms with E-state index in [9.17, 15) is 9.59 Å². The van der Waals surface area contributed by atoms with E-state index in [2.05, 4.69) is 28.2 Å². The topological polar surface area (TPSA) is 68.9 Å². The fourth-order valence-electron chi connectivity index (χ4n) is 5.27. The Labute approximate surface area is 190 Å². The van der Waals surface area contributed by atoms with Crippen LogP contribution in [0.5, 0.6) is 5.75 Å². The fourth-order valence-corrected chi connectivity index (χ4v) is 5.27. The summed E-state index contributed by atoms with van der Waals surface area (Å²) in [6.07, 6.45) is 5.63. The van der Waals surface area contributed by atoms with Gasteiger partial charge in [0.25, 0.3) is 0 Å². The summed E-state index contributed by atoms with van der Waals surface area (Å²) < 4.78 is 5.40. The molecule has 0 spiro atoms. The number of piperidine rings is 2. The van der Waals surface area contributed by atoms with Crippen LogP contribution in [-0.2, 0) is 4.79 Å². The molecule has 32 heavy (non-hydrogen) atoms. The van der Waals surface area contributed by atoms with Crippen LogP contribution in [0.1, 0.15) is 51.0 Å². The maximum Gasteiger partial charge on any atom is 0.319 e. The number of H-pyrrole nitrogens is 1. The lowest BCUT2D eigenvalue weighted by Gasteiger charge is -2.38. The van der Waals surface area contributed by atoms with Crippen molar-refractivity contribution in [1.29, 1.82) is 0 Å². The first-order chi connectivity index (χ1) is 15.5. The number of amides is 3. The third-order valence-electron chi connectivity index (χ3n) is 7.32. The Morgan fingerprint density at radius 2 is 1.69 bits per heavy atom. The van der Waals surface area contributed by atoms with Gasteiger partial charge in [-0.15, -0.1) is 0 Å². The minimum Gasteiger partial charge on any atom is -0.497 e. The number of aromatic amines is 1. The van der Waals surface area contributed by atoms with Gasteiger partial charge in [-0.2, -0.15) is 0 Å². The maximum absolute atomic E-state index is 13.2. The second-order valence-electron chi connectivity index (χ2n) is 8.97. The number of nitrogens with zero attached hydrogens (tertiary/aromatic N) is 3. The Morgan fingerprint density at radius 3 is 2.31 bits per heavy atom. The van der Waals surface area contributed by atoms with Gasteiger partial charge in [0, 0.05) is 62.3 Å². The highest BCUT2D eigenvalue weighted by Gasteiger charge is 2.33. The predicted octanol–water partition coefficient (Wildman–Crippen LogP) is 4.06. The summed E-state index contributed by atoms with van der Waals surface area (Å²) in [4.78, 5) is 34.9. The van der Waals surface area contributed by atoms with Gasteiger partial charge in [0.15, 0.2) is 0 Å². The van der Waals surface area contributed by atoms with Gasteiger partial charge in [-0.1, -0.05) is 0 Å². The van der Waals surface area contributed by atoms with E-state index >= 15 is 0 Å². The Bertz CT molecular complexity index is 936. The molecule has 0 bridgehead atoms. The van der Waals surface area contributed by atoms with E-state index in [0.29, 0.717) is 19.0 Å². The Morgan fingerprint density at radius 1 is 1.03 bits per heavy atom. The van der Waals surface area contributed by atoms with Crippen LogP contribution < -0.4 is 4.74 Å². The number of carbonyl (C=O) groups excluding carboxylic acids is 2. The molecule has 174 valence electrons. The summed E-state index contributed by atoms with van der Waals surface area (Å²) in [5, 5.41) is 1.22. The van der Waals surface area contributed by atoms with Crippen molar-refractivity contribution in [2.24, 2.45) is 5.92 Å². The number of hydrogen-bond acceptors (Lipinski definition) is 3. The number of benzene rings is 1. The summed E-state index contributed by atoms with van der Waals surface area (Å²) in [6, 6.07) is 6.25. The Hall–Kier alpha value is -2.70. The number of ether oxygens (including phenoxy) is 1. The van der Waals surface area contributed by atoms with E-state index in [1.807, 2.05) is 29.7 Å². The van der Waals surface area contributed by atoms with Gasteiger partial charge < -0.3 is 24.4 Å². The van der Waals surface area contributed by atoms with E-state index in [-0.39, 0.29) is 17.9 Å². The van der Waals surface area contributed by atoms with E-state index in [1.54, 1.807) is 7.11 Å². The predicted molar refractivity (Wildman–Crippen MR) is 126 cm³/mol. The van der Waals surface area contributed by atoms with Crippen molar-refractivity contribution in [2.45, 2.75) is 45.4 Å². The zero-order valence-corrected chi connectivity index (χ0v) is 19.6. The Kier molecular flexibility index (Phi) is 6.92. The van der Waals surface area contributed by atoms with Crippen LogP contribution in [0.2, 0.25) is 0 Å². The van der Waals surface area contributed by atoms with Crippen LogP contribution in [0.15, 0.2) is 24.4 Å². The Balaban J connectivity index is 1.31. The standard InChI is InChI=1S/C25H36N4O3/c1-4-27(5-2)25(31)29-14-10-19(11-15-29)24(30)28-12-8-18(9-13-28)22-17-26-23-7-6-20(32-3)16-21(22)23/h6-7,16-19,26H,4-5,8-15H2,1-3H3. The summed E-state index contributed by atoms with van der Waals surface area (Å²) in [7, 11) is 1.70. The number of likely N-dealkylation sites (tertiary alicyclic amines) is 2. The zero-order chi connectivity index (χ0) is 22.7. The molecule has 4 rings (SSSR count). The average Bonchev–Trinajstić information content (AvgIpc) is 3.27. The first kappa shape index (κ1) is 22.5. The normalized spacial score (nSPS) is 18.2. The fraction of sp³-hybridized carbons (Fsp3) is 0.600. The molecule has 2 aliphatic rings. The largest absolute Gasteiger partial charge is 0.497 e. The summed E-state index contributed by atoms with van der Waals surface area (Å²) in [5.41, 5.74) is 2.46. The summed E-state index contributed by atoms with van der Waals surface area (Å²) in [5.74, 6) is 1.65. The lowest BCUT2D eigenvalue weighted by molar-refractivity contribution is -0.138. The molecule has 0 aliphatic carbocycles. The van der Waals surface area contributed by atoms with Gasteiger partial charge in [0.1, 0.15) is 5.75 Å². The molecule has 3 amide bonds.